The van der Waals surface area contributed by atoms with Crippen LogP contribution in [0.2, 0.25) is 0 Å². The van der Waals surface area contributed by atoms with Gasteiger partial charge in [0.15, 0.2) is 11.5 Å². The van der Waals surface area contributed by atoms with Crippen molar-refractivity contribution in [2.45, 2.75) is 25.3 Å². The van der Waals surface area contributed by atoms with Gasteiger partial charge in [-0.25, -0.2) is 9.50 Å². The van der Waals surface area contributed by atoms with E-state index in [1.807, 2.05) is 53.6 Å². The molecule has 0 bridgehead atoms. The van der Waals surface area contributed by atoms with Crippen molar-refractivity contribution in [2.75, 3.05) is 13.1 Å². The standard InChI is InChI=1S/C22H22N6/c1-3-17(13-24-9-1)14-27-12-2-4-20(15-27)22-25-21-6-5-19(16-28(21)26-22)18-7-10-23-11-8-18/h1,3,5-11,13,16,20H,2,4,12,14-15H2. The molecule has 1 fully saturated rings. The summed E-state index contributed by atoms with van der Waals surface area (Å²) in [6, 6.07) is 12.3. The molecule has 28 heavy (non-hydrogen) atoms. The molecule has 6 heteroatoms. The lowest BCUT2D eigenvalue weighted by Crippen LogP contribution is -2.34. The first-order valence-electron chi connectivity index (χ1n) is 9.73. The van der Waals surface area contributed by atoms with Gasteiger partial charge >= 0.3 is 0 Å². The van der Waals surface area contributed by atoms with Crippen molar-refractivity contribution < 1.29 is 0 Å². The Morgan fingerprint density at radius 3 is 2.75 bits per heavy atom. The maximum Gasteiger partial charge on any atom is 0.156 e. The third kappa shape index (κ3) is 3.51. The van der Waals surface area contributed by atoms with Crippen LogP contribution in [0.5, 0.6) is 0 Å². The van der Waals surface area contributed by atoms with Gasteiger partial charge in [0.2, 0.25) is 0 Å². The first-order valence-corrected chi connectivity index (χ1v) is 9.73. The van der Waals surface area contributed by atoms with Crippen molar-refractivity contribution in [1.82, 2.24) is 29.5 Å². The molecule has 0 aliphatic carbocycles. The van der Waals surface area contributed by atoms with E-state index < -0.39 is 0 Å². The third-order valence-corrected chi connectivity index (χ3v) is 5.36. The summed E-state index contributed by atoms with van der Waals surface area (Å²) in [7, 11) is 0. The van der Waals surface area contributed by atoms with Gasteiger partial charge in [0, 0.05) is 55.6 Å². The number of hydrogen-bond acceptors (Lipinski definition) is 5. The Bertz CT molecular complexity index is 1060. The monoisotopic (exact) mass is 370 g/mol. The van der Waals surface area contributed by atoms with Gasteiger partial charge in [0.05, 0.1) is 0 Å². The third-order valence-electron chi connectivity index (χ3n) is 5.36. The zero-order chi connectivity index (χ0) is 18.8. The average molecular weight is 370 g/mol. The van der Waals surface area contributed by atoms with Gasteiger partial charge in [-0.3, -0.25) is 14.9 Å². The van der Waals surface area contributed by atoms with Crippen LogP contribution < -0.4 is 0 Å². The van der Waals surface area contributed by atoms with Crippen molar-refractivity contribution in [2.24, 2.45) is 0 Å². The lowest BCUT2D eigenvalue weighted by molar-refractivity contribution is 0.196. The fourth-order valence-electron chi connectivity index (χ4n) is 3.95. The van der Waals surface area contributed by atoms with Crippen LogP contribution in [0.1, 0.15) is 30.1 Å². The maximum absolute atomic E-state index is 4.81. The Labute approximate surface area is 163 Å². The van der Waals surface area contributed by atoms with Crippen LogP contribution in [0, 0.1) is 0 Å². The number of hydrogen-bond donors (Lipinski definition) is 0. The molecule has 0 aromatic carbocycles. The zero-order valence-corrected chi connectivity index (χ0v) is 15.6. The minimum absolute atomic E-state index is 0.370. The maximum atomic E-state index is 4.81. The molecule has 0 radical (unpaired) electrons. The summed E-state index contributed by atoms with van der Waals surface area (Å²) in [5.74, 6) is 1.32. The molecule has 5 heterocycles. The van der Waals surface area contributed by atoms with E-state index in [1.54, 1.807) is 0 Å². The second-order valence-corrected chi connectivity index (χ2v) is 7.36. The van der Waals surface area contributed by atoms with Crippen LogP contribution in [0.15, 0.2) is 67.4 Å². The fourth-order valence-corrected chi connectivity index (χ4v) is 3.95. The number of nitrogens with zero attached hydrogens (tertiary/aromatic N) is 6. The van der Waals surface area contributed by atoms with Crippen LogP contribution >= 0.6 is 0 Å². The Hall–Kier alpha value is -3.12. The summed E-state index contributed by atoms with van der Waals surface area (Å²) in [6.07, 6.45) is 11.8. The molecule has 5 rings (SSSR count). The summed E-state index contributed by atoms with van der Waals surface area (Å²) < 4.78 is 1.91. The van der Waals surface area contributed by atoms with E-state index in [1.165, 1.54) is 12.0 Å². The summed E-state index contributed by atoms with van der Waals surface area (Å²) >= 11 is 0. The molecule has 1 saturated heterocycles. The zero-order valence-electron chi connectivity index (χ0n) is 15.6. The Morgan fingerprint density at radius 2 is 1.89 bits per heavy atom. The van der Waals surface area contributed by atoms with Crippen molar-refractivity contribution >= 4 is 5.65 Å². The molecule has 1 aliphatic rings. The second kappa shape index (κ2) is 7.48. The highest BCUT2D eigenvalue weighted by Gasteiger charge is 2.24. The van der Waals surface area contributed by atoms with E-state index in [4.69, 9.17) is 10.1 Å². The van der Waals surface area contributed by atoms with Gasteiger partial charge < -0.3 is 0 Å². The highest BCUT2D eigenvalue weighted by Crippen LogP contribution is 2.27. The van der Waals surface area contributed by atoms with Gasteiger partial charge in [0.25, 0.3) is 0 Å². The molecule has 0 spiro atoms. The fraction of sp³-hybridized carbons (Fsp3) is 0.273. The molecule has 0 amide bonds. The van der Waals surface area contributed by atoms with Crippen LogP contribution in [0.25, 0.3) is 16.8 Å². The second-order valence-electron chi connectivity index (χ2n) is 7.36. The molecular formula is C22H22N6. The number of rotatable bonds is 4. The number of pyridine rings is 3. The summed E-state index contributed by atoms with van der Waals surface area (Å²) in [6.45, 7) is 3.04. The molecule has 4 aromatic rings. The summed E-state index contributed by atoms with van der Waals surface area (Å²) in [5, 5.41) is 4.81. The first-order chi connectivity index (χ1) is 13.8. The molecule has 1 aliphatic heterocycles. The summed E-state index contributed by atoms with van der Waals surface area (Å²) in [5.41, 5.74) is 4.41. The largest absolute Gasteiger partial charge is 0.298 e. The number of piperidine rings is 1. The number of fused-ring (bicyclic) bond motifs is 1. The van der Waals surface area contributed by atoms with E-state index in [-0.39, 0.29) is 0 Å². The lowest BCUT2D eigenvalue weighted by Gasteiger charge is -2.31. The van der Waals surface area contributed by atoms with E-state index in [9.17, 15) is 0 Å². The predicted molar refractivity (Wildman–Crippen MR) is 108 cm³/mol. The van der Waals surface area contributed by atoms with Crippen LogP contribution in [0.3, 0.4) is 0 Å². The minimum Gasteiger partial charge on any atom is -0.298 e. The first kappa shape index (κ1) is 17.0. The topological polar surface area (TPSA) is 59.2 Å². The van der Waals surface area contributed by atoms with Crippen LogP contribution in [-0.2, 0) is 6.54 Å². The molecule has 4 aromatic heterocycles. The predicted octanol–water partition coefficient (Wildman–Crippen LogP) is 3.57. The van der Waals surface area contributed by atoms with Crippen molar-refractivity contribution in [3.05, 3.63) is 78.8 Å². The number of aromatic nitrogens is 5. The normalized spacial score (nSPS) is 17.8. The van der Waals surface area contributed by atoms with E-state index in [2.05, 4.69) is 33.2 Å². The molecule has 140 valence electrons. The van der Waals surface area contributed by atoms with Gasteiger partial charge in [-0.05, 0) is 60.8 Å². The molecule has 0 saturated carbocycles. The van der Waals surface area contributed by atoms with Crippen molar-refractivity contribution in [3.63, 3.8) is 0 Å². The molecule has 6 nitrogen and oxygen atoms in total. The van der Waals surface area contributed by atoms with Gasteiger partial charge in [-0.1, -0.05) is 6.07 Å². The highest BCUT2D eigenvalue weighted by molar-refractivity contribution is 5.63. The van der Waals surface area contributed by atoms with E-state index in [0.717, 1.165) is 48.7 Å². The average Bonchev–Trinajstić information content (AvgIpc) is 3.19. The van der Waals surface area contributed by atoms with Gasteiger partial charge in [-0.15, -0.1) is 0 Å². The quantitative estimate of drug-likeness (QED) is 0.550. The molecule has 1 unspecified atom stereocenters. The summed E-state index contributed by atoms with van der Waals surface area (Å²) in [4.78, 5) is 15.6. The number of likely N-dealkylation sites (tertiary alicyclic amines) is 1. The molecular weight excluding hydrogens is 348 g/mol. The molecule has 0 N–H and O–H groups in total. The lowest BCUT2D eigenvalue weighted by atomic mass is 9.97. The van der Waals surface area contributed by atoms with E-state index >= 15 is 0 Å². The minimum atomic E-state index is 0.370. The Balaban J connectivity index is 1.36. The Kier molecular flexibility index (Phi) is 4.54. The Morgan fingerprint density at radius 1 is 0.964 bits per heavy atom. The highest BCUT2D eigenvalue weighted by atomic mass is 15.3. The van der Waals surface area contributed by atoms with Crippen molar-refractivity contribution in [3.8, 4) is 11.1 Å². The van der Waals surface area contributed by atoms with Crippen LogP contribution in [0.4, 0.5) is 0 Å². The van der Waals surface area contributed by atoms with Gasteiger partial charge in [0.1, 0.15) is 0 Å². The molecule has 1 atom stereocenters. The van der Waals surface area contributed by atoms with Gasteiger partial charge in [-0.2, -0.15) is 5.10 Å². The van der Waals surface area contributed by atoms with Crippen LogP contribution in [-0.4, -0.2) is 42.6 Å². The van der Waals surface area contributed by atoms with Crippen molar-refractivity contribution in [1.29, 1.82) is 0 Å². The smallest absolute Gasteiger partial charge is 0.156 e. The SMILES string of the molecule is c1cncc(CN2CCCC(c3nc4ccc(-c5ccncc5)cn4n3)C2)c1. The van der Waals surface area contributed by atoms with E-state index in [0.29, 0.717) is 5.92 Å².